The fourth-order valence-electron chi connectivity index (χ4n) is 4.45. The molecule has 35 heavy (non-hydrogen) atoms. The minimum absolute atomic E-state index is 0.0456. The number of rotatable bonds is 4. The minimum atomic E-state index is -4.55. The van der Waals surface area contributed by atoms with Crippen molar-refractivity contribution in [2.24, 2.45) is 0 Å². The van der Waals surface area contributed by atoms with Crippen LogP contribution in [0.1, 0.15) is 27.2 Å². The van der Waals surface area contributed by atoms with Crippen molar-refractivity contribution in [3.05, 3.63) is 108 Å². The number of aromatic amines is 1. The van der Waals surface area contributed by atoms with Gasteiger partial charge in [-0.15, -0.1) is 0 Å². The molecule has 3 aromatic carbocycles. The number of carbonyl (C=O) groups excluding carboxylic acids is 1. The Kier molecular flexibility index (Phi) is 6.03. The molecule has 178 valence electrons. The van der Waals surface area contributed by atoms with Gasteiger partial charge in [0.1, 0.15) is 0 Å². The molecule has 0 atom stereocenters. The van der Waals surface area contributed by atoms with Crippen molar-refractivity contribution in [3.8, 4) is 11.1 Å². The first kappa shape index (κ1) is 22.7. The van der Waals surface area contributed by atoms with Gasteiger partial charge in [0.2, 0.25) is 0 Å². The molecular formula is C27H23F3N4O. The number of hydrogen-bond acceptors (Lipinski definition) is 3. The summed E-state index contributed by atoms with van der Waals surface area (Å²) in [5.41, 5.74) is 3.17. The van der Waals surface area contributed by atoms with Crippen LogP contribution in [0.25, 0.3) is 11.1 Å². The van der Waals surface area contributed by atoms with Crippen molar-refractivity contribution in [2.75, 3.05) is 18.0 Å². The van der Waals surface area contributed by atoms with Crippen LogP contribution in [0.4, 0.5) is 18.9 Å². The summed E-state index contributed by atoms with van der Waals surface area (Å²) < 4.78 is 40.7. The van der Waals surface area contributed by atoms with Crippen molar-refractivity contribution in [2.45, 2.75) is 19.3 Å². The van der Waals surface area contributed by atoms with E-state index in [4.69, 9.17) is 0 Å². The van der Waals surface area contributed by atoms with E-state index in [2.05, 4.69) is 14.9 Å². The maximum absolute atomic E-state index is 13.8. The van der Waals surface area contributed by atoms with Crippen molar-refractivity contribution in [1.29, 1.82) is 0 Å². The summed E-state index contributed by atoms with van der Waals surface area (Å²) in [7, 11) is 0. The lowest BCUT2D eigenvalue weighted by molar-refractivity contribution is -0.137. The summed E-state index contributed by atoms with van der Waals surface area (Å²) in [5.74, 6) is -0.425. The highest BCUT2D eigenvalue weighted by atomic mass is 19.4. The molecule has 0 saturated heterocycles. The van der Waals surface area contributed by atoms with Gasteiger partial charge in [-0.1, -0.05) is 54.6 Å². The van der Waals surface area contributed by atoms with Crippen LogP contribution in [0.5, 0.6) is 0 Å². The van der Waals surface area contributed by atoms with Crippen LogP contribution in [0.15, 0.2) is 85.3 Å². The van der Waals surface area contributed by atoms with E-state index in [1.807, 2.05) is 36.5 Å². The molecule has 5 rings (SSSR count). The van der Waals surface area contributed by atoms with Gasteiger partial charge in [-0.2, -0.15) is 13.2 Å². The van der Waals surface area contributed by atoms with Gasteiger partial charge in [0.25, 0.3) is 5.91 Å². The number of hydrogen-bond donors (Lipinski definition) is 1. The van der Waals surface area contributed by atoms with E-state index in [1.165, 1.54) is 6.07 Å². The number of amides is 1. The number of imidazole rings is 1. The van der Waals surface area contributed by atoms with Crippen LogP contribution < -0.4 is 4.90 Å². The van der Waals surface area contributed by atoms with E-state index in [9.17, 15) is 18.0 Å². The number of fused-ring (bicyclic) bond motifs is 1. The first-order valence-corrected chi connectivity index (χ1v) is 11.3. The molecule has 8 heteroatoms. The molecule has 2 heterocycles. The highest BCUT2D eigenvalue weighted by molar-refractivity contribution is 6.01. The fourth-order valence-corrected chi connectivity index (χ4v) is 4.45. The monoisotopic (exact) mass is 476 g/mol. The second-order valence-electron chi connectivity index (χ2n) is 8.46. The van der Waals surface area contributed by atoms with Crippen LogP contribution in [0.2, 0.25) is 0 Å². The molecule has 0 aliphatic carbocycles. The first-order valence-electron chi connectivity index (χ1n) is 11.3. The van der Waals surface area contributed by atoms with Crippen LogP contribution in [0.3, 0.4) is 0 Å². The van der Waals surface area contributed by atoms with Crippen molar-refractivity contribution in [3.63, 3.8) is 0 Å². The lowest BCUT2D eigenvalue weighted by Crippen LogP contribution is -2.35. The molecule has 1 N–H and O–H groups in total. The van der Waals surface area contributed by atoms with Crippen molar-refractivity contribution in [1.82, 2.24) is 14.9 Å². The Balaban J connectivity index is 1.52. The summed E-state index contributed by atoms with van der Waals surface area (Å²) in [6.45, 7) is 1.75. The molecule has 0 radical (unpaired) electrons. The topological polar surface area (TPSA) is 52.2 Å². The van der Waals surface area contributed by atoms with Gasteiger partial charge in [0, 0.05) is 37.1 Å². The molecule has 0 saturated carbocycles. The highest BCUT2D eigenvalue weighted by Gasteiger charge is 2.33. The van der Waals surface area contributed by atoms with Gasteiger partial charge < -0.3 is 14.8 Å². The molecule has 0 bridgehead atoms. The second kappa shape index (κ2) is 9.29. The van der Waals surface area contributed by atoms with Gasteiger partial charge in [-0.3, -0.25) is 4.79 Å². The summed E-state index contributed by atoms with van der Waals surface area (Å²) in [6.07, 6.45) is -1.10. The third kappa shape index (κ3) is 4.77. The summed E-state index contributed by atoms with van der Waals surface area (Å²) >= 11 is 0. The van der Waals surface area contributed by atoms with Gasteiger partial charge in [0.15, 0.2) is 0 Å². The summed E-state index contributed by atoms with van der Waals surface area (Å²) in [6, 6.07) is 20.2. The van der Waals surface area contributed by atoms with Crippen molar-refractivity contribution >= 4 is 11.6 Å². The van der Waals surface area contributed by atoms with E-state index in [-0.39, 0.29) is 5.56 Å². The SMILES string of the molecule is O=C(c1cc(C(F)(F)F)ccc1-c1ccccc1)N1CCN(Cc2c[nH]cn2)c2ccccc2C1. The molecule has 1 aliphatic rings. The molecule has 1 aliphatic heterocycles. The number of H-pyrrole nitrogens is 1. The van der Waals surface area contributed by atoms with Crippen LogP contribution in [-0.4, -0.2) is 33.9 Å². The average Bonchev–Trinajstić information content (AvgIpc) is 3.31. The number of nitrogens with one attached hydrogen (secondary N) is 1. The molecule has 0 unspecified atom stereocenters. The normalized spacial score (nSPS) is 13.9. The van der Waals surface area contributed by atoms with E-state index < -0.39 is 17.6 Å². The maximum atomic E-state index is 13.8. The van der Waals surface area contributed by atoms with Crippen LogP contribution in [-0.2, 0) is 19.3 Å². The summed E-state index contributed by atoms with van der Waals surface area (Å²) in [5, 5.41) is 0. The first-order chi connectivity index (χ1) is 16.9. The number of benzene rings is 3. The summed E-state index contributed by atoms with van der Waals surface area (Å²) in [4.78, 5) is 24.8. The highest BCUT2D eigenvalue weighted by Crippen LogP contribution is 2.35. The Morgan fingerprint density at radius 2 is 1.74 bits per heavy atom. The smallest absolute Gasteiger partial charge is 0.364 e. The van der Waals surface area contributed by atoms with Gasteiger partial charge in [-0.05, 0) is 34.9 Å². The van der Waals surface area contributed by atoms with Crippen LogP contribution in [0, 0.1) is 0 Å². The Hall–Kier alpha value is -4.07. The zero-order valence-electron chi connectivity index (χ0n) is 18.8. The maximum Gasteiger partial charge on any atom is 0.416 e. The molecule has 0 fully saturated rings. The lowest BCUT2D eigenvalue weighted by Gasteiger charge is -2.24. The molecule has 5 nitrogen and oxygen atoms in total. The quantitative estimate of drug-likeness (QED) is 0.408. The number of para-hydroxylation sites is 1. The Morgan fingerprint density at radius 1 is 0.971 bits per heavy atom. The number of alkyl halides is 3. The van der Waals surface area contributed by atoms with Gasteiger partial charge in [0.05, 0.1) is 24.1 Å². The van der Waals surface area contributed by atoms with E-state index >= 15 is 0 Å². The Labute approximate surface area is 200 Å². The zero-order valence-corrected chi connectivity index (χ0v) is 18.8. The van der Waals surface area contributed by atoms with E-state index in [0.717, 1.165) is 29.1 Å². The zero-order chi connectivity index (χ0) is 24.4. The lowest BCUT2D eigenvalue weighted by atomic mass is 9.96. The predicted octanol–water partition coefficient (Wildman–Crippen LogP) is 5.76. The number of carbonyl (C=O) groups is 1. The number of halogens is 3. The van der Waals surface area contributed by atoms with Crippen LogP contribution >= 0.6 is 0 Å². The second-order valence-corrected chi connectivity index (χ2v) is 8.46. The predicted molar refractivity (Wildman–Crippen MR) is 128 cm³/mol. The number of nitrogens with zero attached hydrogens (tertiary/aromatic N) is 3. The molecule has 4 aromatic rings. The minimum Gasteiger partial charge on any atom is -0.364 e. The molecule has 0 spiro atoms. The largest absolute Gasteiger partial charge is 0.416 e. The Morgan fingerprint density at radius 3 is 2.49 bits per heavy atom. The third-order valence-electron chi connectivity index (χ3n) is 6.19. The number of aromatic nitrogens is 2. The van der Waals surface area contributed by atoms with Crippen molar-refractivity contribution < 1.29 is 18.0 Å². The third-order valence-corrected chi connectivity index (χ3v) is 6.19. The van der Waals surface area contributed by atoms with E-state index in [1.54, 1.807) is 35.5 Å². The molecular weight excluding hydrogens is 453 g/mol. The van der Waals surface area contributed by atoms with Gasteiger partial charge in [-0.25, -0.2) is 4.98 Å². The van der Waals surface area contributed by atoms with E-state index in [0.29, 0.717) is 37.3 Å². The Bertz CT molecular complexity index is 1320. The standard InChI is InChI=1S/C27H23F3N4O/c28-27(29,30)21-10-11-23(19-6-2-1-3-7-19)24(14-21)26(35)34-13-12-33(17-22-15-31-18-32-22)25-9-5-4-8-20(25)16-34/h1-11,14-15,18H,12-13,16-17H2,(H,31,32). The number of anilines is 1. The fraction of sp³-hybridized carbons (Fsp3) is 0.185. The molecule has 1 aromatic heterocycles. The average molecular weight is 477 g/mol. The van der Waals surface area contributed by atoms with Gasteiger partial charge >= 0.3 is 6.18 Å². The molecule has 1 amide bonds.